The van der Waals surface area contributed by atoms with Crippen LogP contribution in [0.2, 0.25) is 5.02 Å². The van der Waals surface area contributed by atoms with Gasteiger partial charge >= 0.3 is 5.97 Å². The summed E-state index contributed by atoms with van der Waals surface area (Å²) in [6, 6.07) is 5.41. The van der Waals surface area contributed by atoms with Crippen LogP contribution in [-0.4, -0.2) is 61.3 Å². The molecule has 2 aliphatic rings. The van der Waals surface area contributed by atoms with Crippen LogP contribution in [0, 0.1) is 0 Å². The van der Waals surface area contributed by atoms with Crippen LogP contribution in [0.1, 0.15) is 54.4 Å². The quantitative estimate of drug-likeness (QED) is 0.531. The molecule has 1 aromatic heterocycles. The predicted molar refractivity (Wildman–Crippen MR) is 137 cm³/mol. The maximum absolute atomic E-state index is 13.4. The molecular formula is C24H30ClN3O5S2. The van der Waals surface area contributed by atoms with Gasteiger partial charge in [-0.05, 0) is 69.9 Å². The number of nitrogens with one attached hydrogen (secondary N) is 1. The molecule has 0 saturated carbocycles. The van der Waals surface area contributed by atoms with E-state index in [1.165, 1.54) is 39.9 Å². The third-order valence-corrected chi connectivity index (χ3v) is 9.77. The number of hydrogen-bond acceptors (Lipinski definition) is 7. The summed E-state index contributed by atoms with van der Waals surface area (Å²) in [6.45, 7) is 7.99. The molecule has 1 fully saturated rings. The molecule has 0 radical (unpaired) electrons. The average molecular weight is 540 g/mol. The first-order chi connectivity index (χ1) is 16.6. The van der Waals surface area contributed by atoms with Crippen molar-refractivity contribution in [1.29, 1.82) is 0 Å². The number of ether oxygens (including phenoxy) is 1. The Morgan fingerprint density at radius 2 is 1.94 bits per heavy atom. The fraction of sp³-hybridized carbons (Fsp3) is 0.500. The van der Waals surface area contributed by atoms with Gasteiger partial charge in [-0.3, -0.25) is 9.69 Å². The molecule has 11 heteroatoms. The molecule has 0 aliphatic carbocycles. The van der Waals surface area contributed by atoms with E-state index in [0.29, 0.717) is 47.4 Å². The Morgan fingerprint density at radius 3 is 2.60 bits per heavy atom. The fourth-order valence-electron chi connectivity index (χ4n) is 4.60. The number of benzene rings is 1. The molecular weight excluding hydrogens is 510 g/mol. The van der Waals surface area contributed by atoms with E-state index in [1.54, 1.807) is 6.92 Å². The molecule has 2 aliphatic heterocycles. The number of thiophene rings is 1. The lowest BCUT2D eigenvalue weighted by Crippen LogP contribution is -2.43. The van der Waals surface area contributed by atoms with Crippen molar-refractivity contribution in [3.63, 3.8) is 0 Å². The van der Waals surface area contributed by atoms with Crippen LogP contribution >= 0.6 is 22.9 Å². The summed E-state index contributed by atoms with van der Waals surface area (Å²) in [7, 11) is -3.88. The van der Waals surface area contributed by atoms with E-state index in [2.05, 4.69) is 24.1 Å². The molecule has 1 N–H and O–H groups in total. The number of sulfonamides is 1. The van der Waals surface area contributed by atoms with Crippen molar-refractivity contribution in [2.75, 3.05) is 25.0 Å². The van der Waals surface area contributed by atoms with E-state index in [0.717, 1.165) is 17.0 Å². The first kappa shape index (κ1) is 26.1. The molecule has 190 valence electrons. The van der Waals surface area contributed by atoms with Gasteiger partial charge in [-0.15, -0.1) is 11.3 Å². The van der Waals surface area contributed by atoms with Crippen LogP contribution in [0.5, 0.6) is 0 Å². The zero-order valence-electron chi connectivity index (χ0n) is 20.0. The van der Waals surface area contributed by atoms with Crippen molar-refractivity contribution in [3.05, 3.63) is 45.3 Å². The van der Waals surface area contributed by atoms with Crippen LogP contribution < -0.4 is 5.32 Å². The van der Waals surface area contributed by atoms with E-state index in [4.69, 9.17) is 16.3 Å². The summed E-state index contributed by atoms with van der Waals surface area (Å²) in [5.41, 5.74) is 1.31. The molecule has 1 atom stereocenters. The predicted octanol–water partition coefficient (Wildman–Crippen LogP) is 4.14. The van der Waals surface area contributed by atoms with Gasteiger partial charge in [0.25, 0.3) is 0 Å². The number of hydrogen-bond donors (Lipinski definition) is 1. The monoisotopic (exact) mass is 539 g/mol. The number of nitrogens with zero attached hydrogens (tertiary/aromatic N) is 2. The second-order valence-electron chi connectivity index (χ2n) is 8.96. The van der Waals surface area contributed by atoms with Gasteiger partial charge in [0.05, 0.1) is 17.1 Å². The maximum atomic E-state index is 13.4. The Labute approximate surface area is 215 Å². The molecule has 3 heterocycles. The van der Waals surface area contributed by atoms with Gasteiger partial charge in [-0.2, -0.15) is 4.31 Å². The number of fused-ring (bicyclic) bond motifs is 1. The first-order valence-corrected chi connectivity index (χ1v) is 14.4. The Bertz CT molecular complexity index is 1210. The molecule has 0 spiro atoms. The SMILES string of the molecule is CCOC(=O)c1c(NC(=O)C2CCCN2S(=O)(=O)c2ccc(Cl)cc2)sc2c1CCN(C(C)C)C2. The largest absolute Gasteiger partial charge is 0.462 e. The highest BCUT2D eigenvalue weighted by Crippen LogP contribution is 2.39. The van der Waals surface area contributed by atoms with Gasteiger partial charge in [-0.25, -0.2) is 13.2 Å². The summed E-state index contributed by atoms with van der Waals surface area (Å²) in [5, 5.41) is 3.75. The van der Waals surface area contributed by atoms with Gasteiger partial charge in [0.1, 0.15) is 11.0 Å². The van der Waals surface area contributed by atoms with Crippen molar-refractivity contribution in [3.8, 4) is 0 Å². The standard InChI is InChI=1S/C24H30ClN3O5S2/c1-4-33-24(30)21-18-11-13-27(15(2)3)14-20(18)34-23(21)26-22(29)19-6-5-12-28(19)35(31,32)17-9-7-16(25)8-10-17/h7-10,15,19H,4-6,11-14H2,1-3H3,(H,26,29). The average Bonchev–Trinajstić information content (AvgIpc) is 3.44. The van der Waals surface area contributed by atoms with Crippen molar-refractivity contribution in [2.24, 2.45) is 0 Å². The summed E-state index contributed by atoms with van der Waals surface area (Å²) in [5.74, 6) is -0.903. The highest BCUT2D eigenvalue weighted by atomic mass is 35.5. The van der Waals surface area contributed by atoms with Crippen molar-refractivity contribution >= 4 is 49.8 Å². The van der Waals surface area contributed by atoms with Gasteiger partial charge in [0.2, 0.25) is 15.9 Å². The number of amides is 1. The second kappa shape index (κ2) is 10.6. The van der Waals surface area contributed by atoms with E-state index < -0.39 is 27.9 Å². The van der Waals surface area contributed by atoms with Crippen LogP contribution in [0.4, 0.5) is 5.00 Å². The highest BCUT2D eigenvalue weighted by Gasteiger charge is 2.40. The third kappa shape index (κ3) is 5.27. The number of carbonyl (C=O) groups excluding carboxylic acids is 2. The van der Waals surface area contributed by atoms with E-state index in [9.17, 15) is 18.0 Å². The highest BCUT2D eigenvalue weighted by molar-refractivity contribution is 7.89. The van der Waals surface area contributed by atoms with E-state index >= 15 is 0 Å². The van der Waals surface area contributed by atoms with Crippen LogP contribution in [0.25, 0.3) is 0 Å². The number of carbonyl (C=O) groups is 2. The lowest BCUT2D eigenvalue weighted by Gasteiger charge is -2.30. The minimum atomic E-state index is -3.88. The van der Waals surface area contributed by atoms with Gasteiger partial charge in [-0.1, -0.05) is 11.6 Å². The minimum absolute atomic E-state index is 0.0918. The lowest BCUT2D eigenvalue weighted by atomic mass is 10.0. The number of halogens is 1. The van der Waals surface area contributed by atoms with E-state index in [1.807, 2.05) is 0 Å². The zero-order chi connectivity index (χ0) is 25.3. The molecule has 35 heavy (non-hydrogen) atoms. The van der Waals surface area contributed by atoms with Gasteiger partial charge < -0.3 is 10.1 Å². The Morgan fingerprint density at radius 1 is 1.23 bits per heavy atom. The molecule has 1 unspecified atom stereocenters. The summed E-state index contributed by atoms with van der Waals surface area (Å²) >= 11 is 7.28. The molecule has 2 aromatic rings. The van der Waals surface area contributed by atoms with Crippen molar-refractivity contribution in [1.82, 2.24) is 9.21 Å². The smallest absolute Gasteiger partial charge is 0.341 e. The molecule has 1 amide bonds. The van der Waals surface area contributed by atoms with Gasteiger partial charge in [0.15, 0.2) is 0 Å². The Kier molecular flexibility index (Phi) is 7.87. The summed E-state index contributed by atoms with van der Waals surface area (Å²) < 4.78 is 33.1. The summed E-state index contributed by atoms with van der Waals surface area (Å²) in [6.07, 6.45) is 1.66. The molecule has 0 bridgehead atoms. The normalized spacial score (nSPS) is 19.1. The molecule has 8 nitrogen and oxygen atoms in total. The van der Waals surface area contributed by atoms with Gasteiger partial charge in [0, 0.05) is 35.6 Å². The topological polar surface area (TPSA) is 96.0 Å². The number of anilines is 1. The number of esters is 1. The number of rotatable bonds is 7. The molecule has 4 rings (SSSR count). The maximum Gasteiger partial charge on any atom is 0.341 e. The second-order valence-corrected chi connectivity index (χ2v) is 12.4. The summed E-state index contributed by atoms with van der Waals surface area (Å²) in [4.78, 5) is 29.7. The van der Waals surface area contributed by atoms with Crippen LogP contribution in [0.3, 0.4) is 0 Å². The van der Waals surface area contributed by atoms with Crippen molar-refractivity contribution < 1.29 is 22.7 Å². The minimum Gasteiger partial charge on any atom is -0.462 e. The Balaban J connectivity index is 1.61. The van der Waals surface area contributed by atoms with E-state index in [-0.39, 0.29) is 18.0 Å². The lowest BCUT2D eigenvalue weighted by molar-refractivity contribution is -0.119. The molecule has 1 saturated heterocycles. The first-order valence-electron chi connectivity index (χ1n) is 11.8. The fourth-order valence-corrected chi connectivity index (χ4v) is 7.65. The zero-order valence-corrected chi connectivity index (χ0v) is 22.4. The van der Waals surface area contributed by atoms with Crippen molar-refractivity contribution in [2.45, 2.75) is 63.6 Å². The third-order valence-electron chi connectivity index (χ3n) is 6.46. The Hall–Kier alpha value is -1.98. The molecule has 1 aromatic carbocycles. The van der Waals surface area contributed by atoms with Crippen LogP contribution in [-0.2, 0) is 32.5 Å². The van der Waals surface area contributed by atoms with Crippen LogP contribution in [0.15, 0.2) is 29.2 Å².